The molecule has 1 unspecified atom stereocenters. The third-order valence-corrected chi connectivity index (χ3v) is 4.40. The van der Waals surface area contributed by atoms with Crippen LogP contribution < -0.4 is 0 Å². The smallest absolute Gasteiger partial charge is 0.270 e. The van der Waals surface area contributed by atoms with Crippen molar-refractivity contribution in [2.75, 3.05) is 13.1 Å². The van der Waals surface area contributed by atoms with Crippen LogP contribution in [0.3, 0.4) is 0 Å². The van der Waals surface area contributed by atoms with Gasteiger partial charge < -0.3 is 9.88 Å². The molecule has 1 aromatic heterocycles. The highest BCUT2D eigenvalue weighted by Gasteiger charge is 2.20. The van der Waals surface area contributed by atoms with E-state index in [0.29, 0.717) is 19.0 Å². The van der Waals surface area contributed by atoms with E-state index in [2.05, 4.69) is 18.8 Å². The van der Waals surface area contributed by atoms with Crippen LogP contribution in [0.4, 0.5) is 0 Å². The summed E-state index contributed by atoms with van der Waals surface area (Å²) < 4.78 is 22.3. The largest absolute Gasteiger partial charge is 0.356 e. The zero-order valence-electron chi connectivity index (χ0n) is 11.3. The highest BCUT2D eigenvalue weighted by atomic mass is 35.7. The molecule has 1 aromatic rings. The van der Waals surface area contributed by atoms with E-state index < -0.39 is 9.05 Å². The van der Waals surface area contributed by atoms with Gasteiger partial charge in [0, 0.05) is 30.0 Å². The third kappa shape index (κ3) is 4.24. The molecule has 0 bridgehead atoms. The zero-order valence-corrected chi connectivity index (χ0v) is 12.9. The van der Waals surface area contributed by atoms with Gasteiger partial charge in [-0.05, 0) is 18.9 Å². The van der Waals surface area contributed by atoms with Crippen LogP contribution in [0, 0.1) is 5.92 Å². The van der Waals surface area contributed by atoms with E-state index in [4.69, 9.17) is 10.7 Å². The van der Waals surface area contributed by atoms with Crippen molar-refractivity contribution in [2.45, 2.75) is 32.1 Å². The summed E-state index contributed by atoms with van der Waals surface area (Å²) >= 11 is 0. The molecular weight excluding hydrogens is 288 g/mol. The average molecular weight is 307 g/mol. The first-order valence-corrected chi connectivity index (χ1v) is 8.52. The van der Waals surface area contributed by atoms with Gasteiger partial charge in [-0.15, -0.1) is 0 Å². The monoisotopic (exact) mass is 306 g/mol. The van der Waals surface area contributed by atoms with Crippen LogP contribution in [0.1, 0.15) is 37.7 Å². The number of hydrogen-bond donors (Lipinski definition) is 1. The number of nitrogens with zero attached hydrogens (tertiary/aromatic N) is 1. The summed E-state index contributed by atoms with van der Waals surface area (Å²) in [7, 11) is 1.42. The summed E-state index contributed by atoms with van der Waals surface area (Å²) in [6.45, 7) is 7.25. The number of nitrogens with one attached hydrogen (secondary N) is 1. The molecule has 0 aliphatic carbocycles. The lowest BCUT2D eigenvalue weighted by Crippen LogP contribution is -2.34. The number of aromatic nitrogens is 1. The summed E-state index contributed by atoms with van der Waals surface area (Å²) in [5, 5.41) is 0. The number of aromatic amines is 1. The SMILES string of the molecule is CCC(C)CN(CC)C(=O)c1cc(S(=O)(=O)Cl)c[nH]1. The number of H-pyrrole nitrogens is 1. The fourth-order valence-electron chi connectivity index (χ4n) is 1.67. The number of carbonyl (C=O) groups excluding carboxylic acids is 1. The maximum atomic E-state index is 12.2. The molecule has 1 amide bonds. The molecule has 7 heteroatoms. The standard InChI is InChI=1S/C12H19ClN2O3S/c1-4-9(3)8-15(5-2)12(16)11-6-10(7-14-11)19(13,17)18/h6-7,9,14H,4-5,8H2,1-3H3. The first-order chi connectivity index (χ1) is 8.79. The Hall–Kier alpha value is -1.01. The fraction of sp³-hybridized carbons (Fsp3) is 0.583. The van der Waals surface area contributed by atoms with Gasteiger partial charge in [-0.3, -0.25) is 4.79 Å². The van der Waals surface area contributed by atoms with Gasteiger partial charge in [0.2, 0.25) is 0 Å². The minimum Gasteiger partial charge on any atom is -0.356 e. The molecule has 0 spiro atoms. The molecule has 108 valence electrons. The van der Waals surface area contributed by atoms with E-state index in [1.54, 1.807) is 4.90 Å². The second kappa shape index (κ2) is 6.43. The highest BCUT2D eigenvalue weighted by Crippen LogP contribution is 2.17. The Labute approximate surface area is 118 Å². The minimum atomic E-state index is -3.81. The van der Waals surface area contributed by atoms with Gasteiger partial charge in [-0.1, -0.05) is 20.3 Å². The summed E-state index contributed by atoms with van der Waals surface area (Å²) in [4.78, 5) is 16.5. The Kier molecular flexibility index (Phi) is 5.43. The van der Waals surface area contributed by atoms with Crippen molar-refractivity contribution in [3.63, 3.8) is 0 Å². The number of carbonyl (C=O) groups is 1. The van der Waals surface area contributed by atoms with E-state index in [1.807, 2.05) is 6.92 Å². The van der Waals surface area contributed by atoms with Crippen molar-refractivity contribution in [3.05, 3.63) is 18.0 Å². The number of hydrogen-bond acceptors (Lipinski definition) is 3. The predicted molar refractivity (Wildman–Crippen MR) is 74.9 cm³/mol. The van der Waals surface area contributed by atoms with Crippen LogP contribution in [0.25, 0.3) is 0 Å². The second-order valence-corrected chi connectivity index (χ2v) is 7.11. The van der Waals surface area contributed by atoms with Crippen molar-refractivity contribution in [2.24, 2.45) is 5.92 Å². The molecule has 1 atom stereocenters. The number of amides is 1. The molecule has 1 rings (SSSR count). The molecule has 0 fully saturated rings. The number of rotatable bonds is 6. The van der Waals surface area contributed by atoms with E-state index in [-0.39, 0.29) is 16.5 Å². The normalized spacial score (nSPS) is 13.3. The van der Waals surface area contributed by atoms with Crippen molar-refractivity contribution >= 4 is 25.6 Å². The molecule has 0 saturated carbocycles. The molecular formula is C12H19ClN2O3S. The lowest BCUT2D eigenvalue weighted by atomic mass is 10.1. The van der Waals surface area contributed by atoms with Crippen LogP contribution in [-0.2, 0) is 9.05 Å². The minimum absolute atomic E-state index is 0.0860. The summed E-state index contributed by atoms with van der Waals surface area (Å²) in [5.74, 6) is 0.185. The quantitative estimate of drug-likeness (QED) is 0.821. The second-order valence-electron chi connectivity index (χ2n) is 4.54. The number of halogens is 1. The third-order valence-electron chi connectivity index (χ3n) is 3.07. The van der Waals surface area contributed by atoms with Gasteiger partial charge in [-0.25, -0.2) is 8.42 Å². The van der Waals surface area contributed by atoms with Crippen molar-refractivity contribution in [1.29, 1.82) is 0 Å². The Morgan fingerprint density at radius 1 is 1.47 bits per heavy atom. The molecule has 1 N–H and O–H groups in total. The van der Waals surface area contributed by atoms with E-state index in [1.165, 1.54) is 12.3 Å². The molecule has 19 heavy (non-hydrogen) atoms. The van der Waals surface area contributed by atoms with Crippen LogP contribution in [0.5, 0.6) is 0 Å². The van der Waals surface area contributed by atoms with Gasteiger partial charge in [0.05, 0.1) is 0 Å². The van der Waals surface area contributed by atoms with E-state index in [0.717, 1.165) is 6.42 Å². The molecule has 0 saturated heterocycles. The van der Waals surface area contributed by atoms with Crippen molar-refractivity contribution in [3.8, 4) is 0 Å². The molecule has 1 heterocycles. The lowest BCUT2D eigenvalue weighted by Gasteiger charge is -2.23. The summed E-state index contributed by atoms with van der Waals surface area (Å²) in [6, 6.07) is 1.27. The van der Waals surface area contributed by atoms with E-state index >= 15 is 0 Å². The van der Waals surface area contributed by atoms with Gasteiger partial charge in [0.1, 0.15) is 10.6 Å². The van der Waals surface area contributed by atoms with Crippen LogP contribution in [0.15, 0.2) is 17.2 Å². The van der Waals surface area contributed by atoms with Crippen LogP contribution in [0.2, 0.25) is 0 Å². The Bertz CT molecular complexity index is 539. The van der Waals surface area contributed by atoms with Gasteiger partial charge in [0.25, 0.3) is 15.0 Å². The van der Waals surface area contributed by atoms with Gasteiger partial charge in [0.15, 0.2) is 0 Å². The molecule has 0 aliphatic heterocycles. The van der Waals surface area contributed by atoms with Crippen LogP contribution in [-0.4, -0.2) is 37.3 Å². The summed E-state index contributed by atoms with van der Waals surface area (Å²) in [5.41, 5.74) is 0.240. The first kappa shape index (κ1) is 16.0. The zero-order chi connectivity index (χ0) is 14.6. The van der Waals surface area contributed by atoms with Crippen LogP contribution >= 0.6 is 10.7 Å². The lowest BCUT2D eigenvalue weighted by molar-refractivity contribution is 0.0735. The molecule has 0 aromatic carbocycles. The highest BCUT2D eigenvalue weighted by molar-refractivity contribution is 8.13. The Morgan fingerprint density at radius 3 is 2.53 bits per heavy atom. The topological polar surface area (TPSA) is 70.2 Å². The molecule has 0 radical (unpaired) electrons. The Morgan fingerprint density at radius 2 is 2.11 bits per heavy atom. The van der Waals surface area contributed by atoms with Gasteiger partial charge in [-0.2, -0.15) is 0 Å². The molecule has 0 aliphatic rings. The summed E-state index contributed by atoms with van der Waals surface area (Å²) in [6.07, 6.45) is 2.21. The maximum Gasteiger partial charge on any atom is 0.270 e. The van der Waals surface area contributed by atoms with Crippen molar-refractivity contribution < 1.29 is 13.2 Å². The predicted octanol–water partition coefficient (Wildman–Crippen LogP) is 2.45. The van der Waals surface area contributed by atoms with Gasteiger partial charge >= 0.3 is 0 Å². The maximum absolute atomic E-state index is 12.2. The molecule has 5 nitrogen and oxygen atoms in total. The first-order valence-electron chi connectivity index (χ1n) is 6.21. The Balaban J connectivity index is 2.89. The average Bonchev–Trinajstić information content (AvgIpc) is 2.84. The fourth-order valence-corrected chi connectivity index (χ4v) is 2.40. The van der Waals surface area contributed by atoms with E-state index in [9.17, 15) is 13.2 Å². The van der Waals surface area contributed by atoms with Crippen molar-refractivity contribution in [1.82, 2.24) is 9.88 Å².